The number of anilines is 1. The van der Waals surface area contributed by atoms with E-state index in [0.29, 0.717) is 13.1 Å². The highest BCUT2D eigenvalue weighted by Crippen LogP contribution is 2.24. The molecule has 1 atom stereocenters. The van der Waals surface area contributed by atoms with Gasteiger partial charge >= 0.3 is 0 Å². The van der Waals surface area contributed by atoms with E-state index in [1.54, 1.807) is 6.92 Å². The number of hydrogen-bond acceptors (Lipinski definition) is 5. The third kappa shape index (κ3) is 3.07. The van der Waals surface area contributed by atoms with Crippen LogP contribution in [-0.2, 0) is 13.0 Å². The van der Waals surface area contributed by atoms with Gasteiger partial charge < -0.3 is 19.5 Å². The molecule has 0 amide bonds. The van der Waals surface area contributed by atoms with Crippen LogP contribution in [0.15, 0.2) is 28.8 Å². The molecule has 3 rings (SSSR count). The Balaban J connectivity index is 2.03. The SMILES string of the molecule is CCc1noc(C)c1Cn1c(NC[C@H](C)O)nc2ccccc21. The zero-order valence-electron chi connectivity index (χ0n) is 13.7. The van der Waals surface area contributed by atoms with Crippen LogP contribution in [-0.4, -0.2) is 32.5 Å². The van der Waals surface area contributed by atoms with E-state index in [2.05, 4.69) is 26.9 Å². The number of fused-ring (bicyclic) bond motifs is 1. The molecule has 2 aromatic heterocycles. The van der Waals surface area contributed by atoms with Gasteiger partial charge in [-0.3, -0.25) is 0 Å². The third-order valence-corrected chi connectivity index (χ3v) is 3.93. The molecule has 6 nitrogen and oxygen atoms in total. The molecule has 0 radical (unpaired) electrons. The number of nitrogens with zero attached hydrogens (tertiary/aromatic N) is 3. The minimum absolute atomic E-state index is 0.438. The first-order valence-electron chi connectivity index (χ1n) is 7.91. The lowest BCUT2D eigenvalue weighted by Gasteiger charge is -2.12. The number of aliphatic hydroxyl groups excluding tert-OH is 1. The molecule has 0 unspecified atom stereocenters. The first kappa shape index (κ1) is 15.6. The Morgan fingerprint density at radius 2 is 2.13 bits per heavy atom. The lowest BCUT2D eigenvalue weighted by atomic mass is 10.1. The summed E-state index contributed by atoms with van der Waals surface area (Å²) in [7, 11) is 0. The van der Waals surface area contributed by atoms with Crippen molar-refractivity contribution in [2.75, 3.05) is 11.9 Å². The van der Waals surface area contributed by atoms with E-state index in [1.165, 1.54) is 0 Å². The van der Waals surface area contributed by atoms with E-state index in [-0.39, 0.29) is 0 Å². The van der Waals surface area contributed by atoms with E-state index in [1.807, 2.05) is 31.2 Å². The smallest absolute Gasteiger partial charge is 0.204 e. The van der Waals surface area contributed by atoms with Crippen LogP contribution in [0, 0.1) is 6.92 Å². The van der Waals surface area contributed by atoms with Crippen molar-refractivity contribution in [3.05, 3.63) is 41.3 Å². The average Bonchev–Trinajstić information content (AvgIpc) is 3.07. The van der Waals surface area contributed by atoms with Gasteiger partial charge in [-0.1, -0.05) is 24.2 Å². The molecular formula is C17H22N4O2. The first-order chi connectivity index (χ1) is 11.1. The second-order valence-corrected chi connectivity index (χ2v) is 5.76. The number of imidazole rings is 1. The van der Waals surface area contributed by atoms with Gasteiger partial charge in [0.25, 0.3) is 0 Å². The van der Waals surface area contributed by atoms with Gasteiger partial charge in [0, 0.05) is 12.1 Å². The van der Waals surface area contributed by atoms with Crippen molar-refractivity contribution < 1.29 is 9.63 Å². The van der Waals surface area contributed by atoms with E-state index >= 15 is 0 Å². The minimum atomic E-state index is -0.438. The van der Waals surface area contributed by atoms with Crippen LogP contribution in [0.3, 0.4) is 0 Å². The van der Waals surface area contributed by atoms with Crippen LogP contribution >= 0.6 is 0 Å². The Hall–Kier alpha value is -2.34. The molecule has 0 saturated heterocycles. The van der Waals surface area contributed by atoms with Crippen LogP contribution in [0.5, 0.6) is 0 Å². The lowest BCUT2D eigenvalue weighted by Crippen LogP contribution is -2.18. The number of nitrogens with one attached hydrogen (secondary N) is 1. The Bertz CT molecular complexity index is 804. The maximum atomic E-state index is 9.54. The number of aliphatic hydroxyl groups is 1. The predicted molar refractivity (Wildman–Crippen MR) is 89.6 cm³/mol. The van der Waals surface area contributed by atoms with E-state index in [9.17, 15) is 5.11 Å². The first-order valence-corrected chi connectivity index (χ1v) is 7.91. The summed E-state index contributed by atoms with van der Waals surface area (Å²) >= 11 is 0. The molecular weight excluding hydrogens is 292 g/mol. The Labute approximate surface area is 135 Å². The zero-order valence-corrected chi connectivity index (χ0v) is 13.7. The topological polar surface area (TPSA) is 76.1 Å². The number of aromatic nitrogens is 3. The Morgan fingerprint density at radius 3 is 2.87 bits per heavy atom. The molecule has 0 spiro atoms. The van der Waals surface area contributed by atoms with Crippen LogP contribution in [0.2, 0.25) is 0 Å². The van der Waals surface area contributed by atoms with Crippen LogP contribution in [0.1, 0.15) is 30.9 Å². The summed E-state index contributed by atoms with van der Waals surface area (Å²) in [5.74, 6) is 1.58. The van der Waals surface area contributed by atoms with E-state index in [4.69, 9.17) is 4.52 Å². The van der Waals surface area contributed by atoms with Gasteiger partial charge in [-0.25, -0.2) is 4.98 Å². The summed E-state index contributed by atoms with van der Waals surface area (Å²) < 4.78 is 7.45. The molecule has 0 bridgehead atoms. The molecule has 0 aliphatic heterocycles. The molecule has 122 valence electrons. The Kier molecular flexibility index (Phi) is 4.34. The van der Waals surface area contributed by atoms with Crippen molar-refractivity contribution in [2.45, 2.75) is 39.8 Å². The van der Waals surface area contributed by atoms with Crippen molar-refractivity contribution in [3.8, 4) is 0 Å². The number of benzene rings is 1. The van der Waals surface area contributed by atoms with Crippen molar-refractivity contribution in [2.24, 2.45) is 0 Å². The van der Waals surface area contributed by atoms with Gasteiger partial charge in [0.05, 0.1) is 29.4 Å². The Morgan fingerprint density at radius 1 is 1.35 bits per heavy atom. The standard InChI is InChI=1S/C17H22N4O2/c1-4-14-13(12(3)23-20-14)10-21-16-8-6-5-7-15(16)19-17(21)18-9-11(2)22/h5-8,11,22H,4,9-10H2,1-3H3,(H,18,19)/t11-/m0/s1. The summed E-state index contributed by atoms with van der Waals surface area (Å²) in [4.78, 5) is 4.64. The highest BCUT2D eigenvalue weighted by molar-refractivity contribution is 5.78. The molecule has 0 aliphatic rings. The van der Waals surface area contributed by atoms with Crippen LogP contribution in [0.4, 0.5) is 5.95 Å². The maximum Gasteiger partial charge on any atom is 0.204 e. The molecule has 2 heterocycles. The summed E-state index contributed by atoms with van der Waals surface area (Å²) in [6, 6.07) is 8.01. The fraction of sp³-hybridized carbons (Fsp3) is 0.412. The van der Waals surface area contributed by atoms with Gasteiger partial charge in [0.1, 0.15) is 5.76 Å². The number of hydrogen-bond donors (Lipinski definition) is 2. The normalized spacial score (nSPS) is 12.7. The van der Waals surface area contributed by atoms with Gasteiger partial charge in [-0.05, 0) is 32.4 Å². The lowest BCUT2D eigenvalue weighted by molar-refractivity contribution is 0.208. The fourth-order valence-corrected chi connectivity index (χ4v) is 2.69. The number of aryl methyl sites for hydroxylation is 2. The van der Waals surface area contributed by atoms with Crippen LogP contribution < -0.4 is 5.32 Å². The zero-order chi connectivity index (χ0) is 16.4. The van der Waals surface area contributed by atoms with E-state index in [0.717, 1.165) is 40.4 Å². The van der Waals surface area contributed by atoms with Crippen molar-refractivity contribution in [1.29, 1.82) is 0 Å². The number of para-hydroxylation sites is 2. The molecule has 6 heteroatoms. The fourth-order valence-electron chi connectivity index (χ4n) is 2.69. The van der Waals surface area contributed by atoms with Gasteiger partial charge in [0.2, 0.25) is 5.95 Å². The molecule has 23 heavy (non-hydrogen) atoms. The third-order valence-electron chi connectivity index (χ3n) is 3.93. The molecule has 0 aliphatic carbocycles. The highest BCUT2D eigenvalue weighted by Gasteiger charge is 2.16. The van der Waals surface area contributed by atoms with Crippen LogP contribution in [0.25, 0.3) is 11.0 Å². The summed E-state index contributed by atoms with van der Waals surface area (Å²) in [6.45, 7) is 6.84. The molecule has 1 aromatic carbocycles. The maximum absolute atomic E-state index is 9.54. The quantitative estimate of drug-likeness (QED) is 0.731. The summed E-state index contributed by atoms with van der Waals surface area (Å²) in [5.41, 5.74) is 4.04. The predicted octanol–water partition coefficient (Wildman–Crippen LogP) is 2.74. The highest BCUT2D eigenvalue weighted by atomic mass is 16.5. The minimum Gasteiger partial charge on any atom is -0.392 e. The summed E-state index contributed by atoms with van der Waals surface area (Å²) in [6.07, 6.45) is 0.391. The monoisotopic (exact) mass is 314 g/mol. The van der Waals surface area contributed by atoms with Gasteiger partial charge in [0.15, 0.2) is 0 Å². The van der Waals surface area contributed by atoms with Crippen molar-refractivity contribution in [3.63, 3.8) is 0 Å². The summed E-state index contributed by atoms with van der Waals surface area (Å²) in [5, 5.41) is 16.9. The van der Waals surface area contributed by atoms with Crippen molar-refractivity contribution >= 4 is 17.0 Å². The van der Waals surface area contributed by atoms with Crippen molar-refractivity contribution in [1.82, 2.24) is 14.7 Å². The molecule has 0 saturated carbocycles. The molecule has 3 aromatic rings. The number of rotatable bonds is 6. The van der Waals surface area contributed by atoms with Gasteiger partial charge in [-0.15, -0.1) is 0 Å². The largest absolute Gasteiger partial charge is 0.392 e. The average molecular weight is 314 g/mol. The molecule has 2 N–H and O–H groups in total. The van der Waals surface area contributed by atoms with E-state index < -0.39 is 6.10 Å². The second kappa shape index (κ2) is 6.42. The molecule has 0 fully saturated rings. The second-order valence-electron chi connectivity index (χ2n) is 5.76. The van der Waals surface area contributed by atoms with Gasteiger partial charge in [-0.2, -0.15) is 0 Å².